The van der Waals surface area contributed by atoms with E-state index in [-0.39, 0.29) is 5.69 Å². The van der Waals surface area contributed by atoms with Gasteiger partial charge in [0, 0.05) is 10.6 Å². The molecule has 0 aliphatic heterocycles. The van der Waals surface area contributed by atoms with Gasteiger partial charge in [-0.25, -0.2) is 4.79 Å². The van der Waals surface area contributed by atoms with Crippen molar-refractivity contribution in [2.24, 2.45) is 0 Å². The second-order valence-electron chi connectivity index (χ2n) is 5.04. The molecule has 2 heterocycles. The number of hydrogen-bond donors (Lipinski definition) is 1. The Balaban J connectivity index is 1.71. The van der Waals surface area contributed by atoms with Crippen molar-refractivity contribution < 1.29 is 4.90 Å². The minimum atomic E-state index is -0.224. The number of benzene rings is 1. The summed E-state index contributed by atoms with van der Waals surface area (Å²) < 4.78 is 2.70. The Morgan fingerprint density at radius 2 is 2.00 bits per heavy atom. The molecule has 0 saturated heterocycles. The molecule has 1 atom stereocenters. The fraction of sp³-hybridized carbons (Fsp3) is 0.214. The van der Waals surface area contributed by atoms with E-state index in [0.717, 1.165) is 27.0 Å². The smallest absolute Gasteiger partial charge is 0.315 e. The first kappa shape index (κ1) is 15.0. The van der Waals surface area contributed by atoms with Gasteiger partial charge in [0.2, 0.25) is 0 Å². The zero-order valence-electron chi connectivity index (χ0n) is 11.9. The van der Waals surface area contributed by atoms with Crippen molar-refractivity contribution in [3.05, 3.63) is 62.8 Å². The first-order valence-corrected chi connectivity index (χ1v) is 8.01. The van der Waals surface area contributed by atoms with Gasteiger partial charge in [0.15, 0.2) is 6.67 Å². The molecule has 0 spiro atoms. The topological polar surface area (TPSA) is 57.2 Å². The lowest BCUT2D eigenvalue weighted by Gasteiger charge is -2.12. The molecule has 0 fully saturated rings. The summed E-state index contributed by atoms with van der Waals surface area (Å²) in [5.74, 6) is 0. The predicted molar refractivity (Wildman–Crippen MR) is 85.5 cm³/mol. The highest BCUT2D eigenvalue weighted by Gasteiger charge is 2.13. The Bertz CT molecular complexity index is 794. The normalized spacial score (nSPS) is 12.5. The molecule has 0 aliphatic carbocycles. The Kier molecular flexibility index (Phi) is 4.37. The number of nitrogens with one attached hydrogen (secondary N) is 1. The van der Waals surface area contributed by atoms with Crippen molar-refractivity contribution in [1.29, 1.82) is 0 Å². The van der Waals surface area contributed by atoms with E-state index in [9.17, 15) is 4.79 Å². The fourth-order valence-electron chi connectivity index (χ4n) is 2.16. The molecule has 0 saturated carbocycles. The number of aromatic nitrogens is 4. The highest BCUT2D eigenvalue weighted by Crippen LogP contribution is 2.10. The van der Waals surface area contributed by atoms with Crippen LogP contribution in [-0.4, -0.2) is 26.8 Å². The molecule has 0 bridgehead atoms. The second kappa shape index (κ2) is 6.43. The van der Waals surface area contributed by atoms with Crippen LogP contribution in [0.15, 0.2) is 46.6 Å². The van der Waals surface area contributed by atoms with E-state index in [2.05, 4.69) is 10.4 Å². The SMILES string of the molecule is C[NH+](Cc1ccc(Cl)cc1)Cn1nnn(-c2cccs2)c1=O. The largest absolute Gasteiger partial charge is 0.374 e. The molecule has 6 nitrogen and oxygen atoms in total. The first-order valence-electron chi connectivity index (χ1n) is 6.76. The summed E-state index contributed by atoms with van der Waals surface area (Å²) in [6.07, 6.45) is 0. The molecule has 0 amide bonds. The lowest BCUT2D eigenvalue weighted by atomic mass is 10.2. The van der Waals surface area contributed by atoms with Crippen LogP contribution in [0.3, 0.4) is 0 Å². The zero-order valence-corrected chi connectivity index (χ0v) is 13.5. The number of rotatable bonds is 5. The number of quaternary nitrogens is 1. The number of thiophene rings is 1. The molecule has 1 N–H and O–H groups in total. The van der Waals surface area contributed by atoms with Crippen LogP contribution in [0.5, 0.6) is 0 Å². The van der Waals surface area contributed by atoms with Gasteiger partial charge in [-0.05, 0) is 40.1 Å². The summed E-state index contributed by atoms with van der Waals surface area (Å²) in [5.41, 5.74) is 0.929. The second-order valence-corrected chi connectivity index (χ2v) is 6.41. The lowest BCUT2D eigenvalue weighted by Crippen LogP contribution is -3.07. The third-order valence-corrected chi connectivity index (χ3v) is 4.29. The number of hydrogen-bond acceptors (Lipinski definition) is 4. The van der Waals surface area contributed by atoms with E-state index in [1.807, 2.05) is 48.8 Å². The van der Waals surface area contributed by atoms with Crippen molar-refractivity contribution in [2.75, 3.05) is 7.05 Å². The molecule has 8 heteroatoms. The van der Waals surface area contributed by atoms with Gasteiger partial charge in [-0.15, -0.1) is 20.7 Å². The Labute approximate surface area is 136 Å². The maximum Gasteiger partial charge on any atom is 0.374 e. The van der Waals surface area contributed by atoms with E-state index >= 15 is 0 Å². The number of nitrogens with zero attached hydrogens (tertiary/aromatic N) is 4. The van der Waals surface area contributed by atoms with Crippen LogP contribution in [0.1, 0.15) is 5.56 Å². The van der Waals surface area contributed by atoms with Gasteiger partial charge in [-0.2, -0.15) is 0 Å². The Morgan fingerprint density at radius 1 is 1.23 bits per heavy atom. The van der Waals surface area contributed by atoms with Gasteiger partial charge in [0.25, 0.3) is 0 Å². The van der Waals surface area contributed by atoms with Gasteiger partial charge in [0.1, 0.15) is 11.5 Å². The minimum absolute atomic E-state index is 0.224. The third-order valence-electron chi connectivity index (χ3n) is 3.19. The summed E-state index contributed by atoms with van der Waals surface area (Å²) in [7, 11) is 2.01. The molecule has 1 aromatic carbocycles. The highest BCUT2D eigenvalue weighted by atomic mass is 35.5. The number of halogens is 1. The zero-order chi connectivity index (χ0) is 15.5. The van der Waals surface area contributed by atoms with Crippen molar-refractivity contribution in [2.45, 2.75) is 13.2 Å². The minimum Gasteiger partial charge on any atom is -0.315 e. The molecule has 22 heavy (non-hydrogen) atoms. The van der Waals surface area contributed by atoms with Gasteiger partial charge in [-0.3, -0.25) is 0 Å². The van der Waals surface area contributed by atoms with Crippen LogP contribution in [0.4, 0.5) is 0 Å². The van der Waals surface area contributed by atoms with Crippen molar-refractivity contribution in [1.82, 2.24) is 19.8 Å². The molecule has 114 valence electrons. The van der Waals surface area contributed by atoms with Crippen molar-refractivity contribution in [3.63, 3.8) is 0 Å². The summed E-state index contributed by atoms with van der Waals surface area (Å²) in [6.45, 7) is 1.22. The van der Waals surface area contributed by atoms with Crippen LogP contribution in [0.25, 0.3) is 5.00 Å². The van der Waals surface area contributed by atoms with Gasteiger partial charge >= 0.3 is 5.69 Å². The Hall–Kier alpha value is -1.96. The summed E-state index contributed by atoms with van der Waals surface area (Å²) >= 11 is 7.33. The molecule has 3 aromatic rings. The summed E-state index contributed by atoms with van der Waals surface area (Å²) in [6, 6.07) is 11.4. The molecule has 1 unspecified atom stereocenters. The average Bonchev–Trinajstić information content (AvgIpc) is 3.12. The van der Waals surface area contributed by atoms with E-state index in [4.69, 9.17) is 11.6 Å². The number of tetrazole rings is 1. The van der Waals surface area contributed by atoms with E-state index in [1.54, 1.807) is 0 Å². The highest BCUT2D eigenvalue weighted by molar-refractivity contribution is 7.12. The van der Waals surface area contributed by atoms with Crippen LogP contribution in [-0.2, 0) is 13.2 Å². The van der Waals surface area contributed by atoms with Crippen molar-refractivity contribution in [3.8, 4) is 5.00 Å². The van der Waals surface area contributed by atoms with Gasteiger partial charge in [0.05, 0.1) is 7.05 Å². The van der Waals surface area contributed by atoms with E-state index < -0.39 is 0 Å². The molecule has 2 aromatic heterocycles. The van der Waals surface area contributed by atoms with Gasteiger partial charge in [-0.1, -0.05) is 23.7 Å². The average molecular weight is 337 g/mol. The molecule has 3 rings (SSSR count). The predicted octanol–water partition coefficient (Wildman–Crippen LogP) is 0.816. The summed E-state index contributed by atoms with van der Waals surface area (Å²) in [4.78, 5) is 13.4. The van der Waals surface area contributed by atoms with Crippen molar-refractivity contribution >= 4 is 22.9 Å². The fourth-order valence-corrected chi connectivity index (χ4v) is 2.96. The van der Waals surface area contributed by atoms with Gasteiger partial charge < -0.3 is 4.90 Å². The van der Waals surface area contributed by atoms with Crippen LogP contribution in [0.2, 0.25) is 5.02 Å². The first-order chi connectivity index (χ1) is 10.6. The molecular formula is C14H15ClN5OS+. The summed E-state index contributed by atoms with van der Waals surface area (Å²) in [5, 5.41) is 11.3. The standard InChI is InChI=1S/C14H14ClN5OS/c1-18(9-11-4-6-12(15)7-5-11)10-19-14(21)20(17-16-19)13-3-2-8-22-13/h2-8H,9-10H2,1H3/p+1. The Morgan fingerprint density at radius 3 is 2.68 bits per heavy atom. The maximum absolute atomic E-state index is 12.3. The monoisotopic (exact) mass is 336 g/mol. The quantitative estimate of drug-likeness (QED) is 0.750. The maximum atomic E-state index is 12.3. The van der Waals surface area contributed by atoms with Crippen LogP contribution >= 0.6 is 22.9 Å². The van der Waals surface area contributed by atoms with Crippen LogP contribution in [0, 0.1) is 0 Å². The molecular weight excluding hydrogens is 322 g/mol. The van der Waals surface area contributed by atoms with E-state index in [0.29, 0.717) is 6.67 Å². The van der Waals surface area contributed by atoms with E-state index in [1.165, 1.54) is 20.7 Å². The third kappa shape index (κ3) is 3.27. The lowest BCUT2D eigenvalue weighted by molar-refractivity contribution is -0.917. The molecule has 0 radical (unpaired) electrons. The molecule has 0 aliphatic rings. The van der Waals surface area contributed by atoms with Crippen LogP contribution < -0.4 is 10.6 Å².